The van der Waals surface area contributed by atoms with Crippen molar-refractivity contribution < 1.29 is 19.4 Å². The second kappa shape index (κ2) is 5.00. The van der Waals surface area contributed by atoms with Crippen molar-refractivity contribution in [2.75, 3.05) is 5.32 Å². The molecule has 0 unspecified atom stereocenters. The van der Waals surface area contributed by atoms with Gasteiger partial charge in [0.1, 0.15) is 5.92 Å². The van der Waals surface area contributed by atoms with Gasteiger partial charge in [-0.15, -0.1) is 0 Å². The van der Waals surface area contributed by atoms with Gasteiger partial charge >= 0.3 is 5.97 Å². The minimum absolute atomic E-state index is 0.298. The van der Waals surface area contributed by atoms with Crippen LogP contribution in [0.2, 0.25) is 0 Å². The monoisotopic (exact) mass is 287 g/mol. The van der Waals surface area contributed by atoms with E-state index < -0.39 is 30.0 Å². The molecular weight excluding hydrogens is 270 g/mol. The van der Waals surface area contributed by atoms with Gasteiger partial charge in [0.15, 0.2) is 0 Å². The first kappa shape index (κ1) is 13.8. The molecule has 4 atom stereocenters. The topological polar surface area (TPSA) is 75.6 Å². The summed E-state index contributed by atoms with van der Waals surface area (Å²) >= 11 is 0. The number of hydrogen-bond acceptors (Lipinski definition) is 3. The molecular formula is C16H17NO4. The lowest BCUT2D eigenvalue weighted by atomic mass is 9.82. The summed E-state index contributed by atoms with van der Waals surface area (Å²) in [7, 11) is 0. The lowest BCUT2D eigenvalue weighted by molar-refractivity contribution is -0.145. The number of aliphatic carboxylic acids is 1. The van der Waals surface area contributed by atoms with Crippen LogP contribution in [-0.2, 0) is 14.3 Å². The first-order valence-electron chi connectivity index (χ1n) is 6.92. The van der Waals surface area contributed by atoms with Crippen molar-refractivity contribution in [3.8, 4) is 0 Å². The minimum atomic E-state index is -0.993. The molecule has 21 heavy (non-hydrogen) atoms. The number of hydrogen-bond donors (Lipinski definition) is 2. The normalized spacial score (nSPS) is 29.6. The largest absolute Gasteiger partial charge is 0.481 e. The van der Waals surface area contributed by atoms with Crippen LogP contribution in [0.1, 0.15) is 11.1 Å². The summed E-state index contributed by atoms with van der Waals surface area (Å²) in [5, 5.41) is 12.2. The Bertz CT molecular complexity index is 637. The molecule has 0 aromatic heterocycles. The van der Waals surface area contributed by atoms with Crippen LogP contribution in [0.25, 0.3) is 0 Å². The molecule has 0 aliphatic carbocycles. The van der Waals surface area contributed by atoms with Gasteiger partial charge < -0.3 is 15.2 Å². The summed E-state index contributed by atoms with van der Waals surface area (Å²) in [6.45, 7) is 3.89. The van der Waals surface area contributed by atoms with Crippen molar-refractivity contribution in [2.24, 2.45) is 11.8 Å². The summed E-state index contributed by atoms with van der Waals surface area (Å²) in [6.07, 6.45) is 2.56. The highest BCUT2D eigenvalue weighted by molar-refractivity contribution is 5.97. The van der Waals surface area contributed by atoms with Crippen LogP contribution in [0, 0.1) is 25.7 Å². The van der Waals surface area contributed by atoms with E-state index in [-0.39, 0.29) is 5.91 Å². The van der Waals surface area contributed by atoms with Gasteiger partial charge in [-0.1, -0.05) is 24.3 Å². The van der Waals surface area contributed by atoms with Gasteiger partial charge in [0.25, 0.3) is 0 Å². The molecule has 2 N–H and O–H groups in total. The average molecular weight is 287 g/mol. The van der Waals surface area contributed by atoms with E-state index in [1.807, 2.05) is 32.0 Å². The molecule has 0 saturated carbocycles. The molecule has 2 aliphatic rings. The number of fused-ring (bicyclic) bond motifs is 2. The number of nitrogens with one attached hydrogen (secondary N) is 1. The van der Waals surface area contributed by atoms with Gasteiger partial charge in [-0.05, 0) is 31.0 Å². The van der Waals surface area contributed by atoms with Crippen LogP contribution >= 0.6 is 0 Å². The maximum atomic E-state index is 12.5. The summed E-state index contributed by atoms with van der Waals surface area (Å²) in [5.74, 6) is -2.79. The van der Waals surface area contributed by atoms with Crippen molar-refractivity contribution >= 4 is 17.6 Å². The highest BCUT2D eigenvalue weighted by Gasteiger charge is 2.53. The average Bonchev–Trinajstić information content (AvgIpc) is 3.04. The van der Waals surface area contributed by atoms with Crippen molar-refractivity contribution in [3.63, 3.8) is 0 Å². The van der Waals surface area contributed by atoms with E-state index in [0.29, 0.717) is 0 Å². The predicted molar refractivity (Wildman–Crippen MR) is 77.0 cm³/mol. The Balaban J connectivity index is 1.84. The van der Waals surface area contributed by atoms with Crippen LogP contribution < -0.4 is 5.32 Å². The zero-order valence-electron chi connectivity index (χ0n) is 11.9. The van der Waals surface area contributed by atoms with Crippen LogP contribution in [0.4, 0.5) is 5.69 Å². The maximum Gasteiger partial charge on any atom is 0.310 e. The second-order valence-electron chi connectivity index (χ2n) is 5.58. The Morgan fingerprint density at radius 2 is 1.81 bits per heavy atom. The molecule has 2 heterocycles. The first-order chi connectivity index (χ1) is 9.99. The Morgan fingerprint density at radius 1 is 1.14 bits per heavy atom. The Hall–Kier alpha value is -2.14. The lowest BCUT2D eigenvalue weighted by Gasteiger charge is -2.21. The first-order valence-corrected chi connectivity index (χ1v) is 6.92. The van der Waals surface area contributed by atoms with Gasteiger partial charge in [0.2, 0.25) is 5.91 Å². The molecule has 1 aromatic rings. The fraction of sp³-hybridized carbons (Fsp3) is 0.375. The zero-order chi connectivity index (χ0) is 15.1. The summed E-state index contributed by atoms with van der Waals surface area (Å²) in [5.41, 5.74) is 2.78. The van der Waals surface area contributed by atoms with Crippen LogP contribution in [0.15, 0.2) is 30.4 Å². The number of ether oxygens (including phenoxy) is 1. The summed E-state index contributed by atoms with van der Waals surface area (Å²) in [4.78, 5) is 23.9. The second-order valence-corrected chi connectivity index (χ2v) is 5.58. The molecule has 1 amide bonds. The number of rotatable bonds is 3. The molecule has 0 spiro atoms. The molecule has 110 valence electrons. The number of aryl methyl sites for hydroxylation is 1. The van der Waals surface area contributed by atoms with Crippen molar-refractivity contribution in [1.82, 2.24) is 0 Å². The molecule has 0 radical (unpaired) electrons. The smallest absolute Gasteiger partial charge is 0.310 e. The molecule has 2 aliphatic heterocycles. The third kappa shape index (κ3) is 2.23. The van der Waals surface area contributed by atoms with Crippen molar-refractivity contribution in [3.05, 3.63) is 41.5 Å². The van der Waals surface area contributed by atoms with E-state index in [4.69, 9.17) is 4.74 Å². The molecule has 5 nitrogen and oxygen atoms in total. The number of carboxylic acids is 1. The number of amides is 1. The van der Waals surface area contributed by atoms with Crippen molar-refractivity contribution in [1.29, 1.82) is 0 Å². The molecule has 1 saturated heterocycles. The zero-order valence-corrected chi connectivity index (χ0v) is 11.9. The van der Waals surface area contributed by atoms with Crippen LogP contribution in [-0.4, -0.2) is 29.2 Å². The number of carbonyl (C=O) groups is 2. The number of carbonyl (C=O) groups excluding carboxylic acids is 1. The summed E-state index contributed by atoms with van der Waals surface area (Å²) < 4.78 is 5.52. The van der Waals surface area contributed by atoms with E-state index in [0.717, 1.165) is 16.8 Å². The van der Waals surface area contributed by atoms with Crippen LogP contribution in [0.3, 0.4) is 0 Å². The molecule has 5 heteroatoms. The Labute approximate surface area is 122 Å². The molecule has 3 rings (SSSR count). The predicted octanol–water partition coefficient (Wildman–Crippen LogP) is 1.90. The van der Waals surface area contributed by atoms with E-state index in [2.05, 4.69) is 5.32 Å². The van der Waals surface area contributed by atoms with Crippen molar-refractivity contribution in [2.45, 2.75) is 26.1 Å². The molecule has 1 aromatic carbocycles. The Kier molecular flexibility index (Phi) is 3.29. The third-order valence-corrected chi connectivity index (χ3v) is 4.35. The van der Waals surface area contributed by atoms with E-state index in [1.54, 1.807) is 12.2 Å². The van der Waals surface area contributed by atoms with E-state index in [9.17, 15) is 14.7 Å². The molecule has 2 bridgehead atoms. The standard InChI is InChI=1S/C16H17NO4/c1-8-4-3-5-10(9(8)2)17-15(18)13-11-6-7-12(21-11)14(13)16(19)20/h3-7,11-14H,1-2H3,(H,17,18)(H,19,20)/t11-,12+,13+,14-/m0/s1. The van der Waals surface area contributed by atoms with Crippen LogP contribution in [0.5, 0.6) is 0 Å². The van der Waals surface area contributed by atoms with Gasteiger partial charge in [-0.3, -0.25) is 9.59 Å². The number of benzene rings is 1. The lowest BCUT2D eigenvalue weighted by Crippen LogP contribution is -2.39. The van der Waals surface area contributed by atoms with Gasteiger partial charge in [0.05, 0.1) is 18.1 Å². The number of carboxylic acid groups (broad SMARTS) is 1. The fourth-order valence-corrected chi connectivity index (χ4v) is 3.02. The van der Waals surface area contributed by atoms with E-state index >= 15 is 0 Å². The SMILES string of the molecule is Cc1cccc(NC(=O)[C@H]2[C@@H](C(=O)O)[C@H]3C=C[C@@H]2O3)c1C. The maximum absolute atomic E-state index is 12.5. The molecule has 1 fully saturated rings. The quantitative estimate of drug-likeness (QED) is 0.833. The van der Waals surface area contributed by atoms with Gasteiger partial charge in [0, 0.05) is 5.69 Å². The minimum Gasteiger partial charge on any atom is -0.481 e. The highest BCUT2D eigenvalue weighted by atomic mass is 16.5. The van der Waals surface area contributed by atoms with E-state index in [1.165, 1.54) is 0 Å². The number of anilines is 1. The third-order valence-electron chi connectivity index (χ3n) is 4.35. The Morgan fingerprint density at radius 3 is 2.48 bits per heavy atom. The highest BCUT2D eigenvalue weighted by Crippen LogP contribution is 2.40. The summed E-state index contributed by atoms with van der Waals surface area (Å²) in [6, 6.07) is 5.65. The van der Waals surface area contributed by atoms with Gasteiger partial charge in [-0.2, -0.15) is 0 Å². The fourth-order valence-electron chi connectivity index (χ4n) is 3.02. The van der Waals surface area contributed by atoms with Gasteiger partial charge in [-0.25, -0.2) is 0 Å².